The normalized spacial score (nSPS) is 13.4. The Labute approximate surface area is 252 Å². The molecule has 1 aromatic carbocycles. The first-order valence-electron chi connectivity index (χ1n) is 13.8. The van der Waals surface area contributed by atoms with Crippen LogP contribution in [0.25, 0.3) is 16.7 Å². The summed E-state index contributed by atoms with van der Waals surface area (Å²) in [4.78, 5) is 52.8. The van der Waals surface area contributed by atoms with Gasteiger partial charge in [0.05, 0.1) is 22.8 Å². The molecule has 5 rings (SSSR count). The molecule has 0 atom stereocenters. The first-order chi connectivity index (χ1) is 20.9. The minimum absolute atomic E-state index is 0.0192. The van der Waals surface area contributed by atoms with Crippen LogP contribution in [0.2, 0.25) is 25.7 Å². The van der Waals surface area contributed by atoms with Crippen LogP contribution in [0.15, 0.2) is 42.9 Å². The highest BCUT2D eigenvalue weighted by molar-refractivity contribution is 6.76. The molecule has 1 fully saturated rings. The molecular weight excluding hydrogens is 593 g/mol. The van der Waals surface area contributed by atoms with Gasteiger partial charge in [0, 0.05) is 53.3 Å². The Morgan fingerprint density at radius 3 is 2.36 bits per heavy atom. The van der Waals surface area contributed by atoms with Crippen LogP contribution in [0.4, 0.5) is 9.18 Å². The van der Waals surface area contributed by atoms with E-state index in [-0.39, 0.29) is 40.1 Å². The molecule has 1 aliphatic rings. The molecule has 0 bridgehead atoms. The second kappa shape index (κ2) is 13.7. The van der Waals surface area contributed by atoms with Crippen LogP contribution in [-0.2, 0) is 16.2 Å². The van der Waals surface area contributed by atoms with Gasteiger partial charge >= 0.3 is 18.0 Å². The zero-order valence-corrected chi connectivity index (χ0v) is 25.6. The summed E-state index contributed by atoms with van der Waals surface area (Å²) in [7, 11) is -1.36. The first kappa shape index (κ1) is 32.2. The van der Waals surface area contributed by atoms with Crippen molar-refractivity contribution in [3.8, 4) is 0 Å². The third-order valence-electron chi connectivity index (χ3n) is 6.74. The van der Waals surface area contributed by atoms with Gasteiger partial charge in [0.25, 0.3) is 5.91 Å². The Morgan fingerprint density at radius 1 is 1.09 bits per heavy atom. The van der Waals surface area contributed by atoms with Crippen molar-refractivity contribution < 1.29 is 38.1 Å². The predicted octanol–water partition coefficient (Wildman–Crippen LogP) is 2.80. The second-order valence-electron chi connectivity index (χ2n) is 11.2. The second-order valence-corrected chi connectivity index (χ2v) is 16.8. The lowest BCUT2D eigenvalue weighted by Gasteiger charge is -2.25. The maximum atomic E-state index is 14.4. The van der Waals surface area contributed by atoms with E-state index in [0.29, 0.717) is 32.8 Å². The van der Waals surface area contributed by atoms with Crippen LogP contribution >= 0.6 is 0 Å². The molecule has 3 aromatic heterocycles. The van der Waals surface area contributed by atoms with Gasteiger partial charge in [-0.2, -0.15) is 5.10 Å². The van der Waals surface area contributed by atoms with Crippen LogP contribution in [-0.4, -0.2) is 94.0 Å². The predicted molar refractivity (Wildman–Crippen MR) is 160 cm³/mol. The number of primary amides is 1. The summed E-state index contributed by atoms with van der Waals surface area (Å²) in [5.74, 6) is -3.34. The molecule has 1 aliphatic heterocycles. The van der Waals surface area contributed by atoms with E-state index in [1.54, 1.807) is 0 Å². The van der Waals surface area contributed by atoms with Gasteiger partial charge in [0.1, 0.15) is 23.6 Å². The summed E-state index contributed by atoms with van der Waals surface area (Å²) in [6.45, 7) is 9.13. The Balaban J connectivity index is 0.000000421. The van der Waals surface area contributed by atoms with E-state index >= 15 is 0 Å². The first-order valence-corrected chi connectivity index (χ1v) is 17.5. The number of nitrogens with two attached hydrogens (primary N) is 1. The van der Waals surface area contributed by atoms with E-state index in [1.807, 2.05) is 0 Å². The highest BCUT2D eigenvalue weighted by Gasteiger charge is 2.28. The highest BCUT2D eigenvalue weighted by Crippen LogP contribution is 2.28. The number of esters is 1. The molecule has 44 heavy (non-hydrogen) atoms. The molecule has 0 spiro atoms. The standard InChI is InChI=1S/C22H29FN6O5Si.C6H5NO2/c1-35(2,3)9-8-33-13-28-17-11-14(23)10-15(19(24)30)18(17)29-20(28)16(12-26-29)21(31)34-22(32)27-6-4-25-5-7-27;8-6(9)5-1-3-7-4-2-5/h10-12,25H,4-9,13H2,1-3H3,(H2,24,30);1-4H,(H,8,9). The fourth-order valence-corrected chi connectivity index (χ4v) is 5.19. The number of piperazine rings is 1. The van der Waals surface area contributed by atoms with Crippen molar-refractivity contribution in [1.82, 2.24) is 29.4 Å². The van der Waals surface area contributed by atoms with E-state index in [2.05, 4.69) is 35.0 Å². The maximum absolute atomic E-state index is 14.4. The molecule has 0 radical (unpaired) electrons. The van der Waals surface area contributed by atoms with E-state index in [4.69, 9.17) is 20.3 Å². The maximum Gasteiger partial charge on any atom is 0.417 e. The Bertz CT molecular complexity index is 1680. The van der Waals surface area contributed by atoms with E-state index in [0.717, 1.165) is 12.1 Å². The zero-order valence-electron chi connectivity index (χ0n) is 24.6. The number of nitrogens with one attached hydrogen (secondary N) is 1. The van der Waals surface area contributed by atoms with Crippen molar-refractivity contribution in [2.75, 3.05) is 32.8 Å². The number of carbonyl (C=O) groups excluding carboxylic acids is 3. The molecule has 0 aliphatic carbocycles. The Hall–Kier alpha value is -4.67. The fourth-order valence-electron chi connectivity index (χ4n) is 4.43. The van der Waals surface area contributed by atoms with Crippen molar-refractivity contribution in [3.05, 3.63) is 65.4 Å². The number of benzene rings is 1. The van der Waals surface area contributed by atoms with Crippen molar-refractivity contribution >= 4 is 48.7 Å². The summed E-state index contributed by atoms with van der Waals surface area (Å²) in [6, 6.07) is 6.04. The van der Waals surface area contributed by atoms with Gasteiger partial charge in [-0.05, 0) is 30.3 Å². The monoisotopic (exact) mass is 627 g/mol. The number of carboxylic acids is 1. The number of ether oxygens (including phenoxy) is 2. The molecule has 14 nitrogen and oxygen atoms in total. The van der Waals surface area contributed by atoms with Gasteiger partial charge in [-0.15, -0.1) is 0 Å². The van der Waals surface area contributed by atoms with Gasteiger partial charge in [-0.25, -0.2) is 23.3 Å². The lowest BCUT2D eigenvalue weighted by Crippen LogP contribution is -2.47. The minimum Gasteiger partial charge on any atom is -0.478 e. The molecular formula is C28H34FN7O7Si. The largest absolute Gasteiger partial charge is 0.478 e. The number of imidazole rings is 1. The number of rotatable bonds is 8. The zero-order chi connectivity index (χ0) is 32.0. The van der Waals surface area contributed by atoms with Crippen LogP contribution < -0.4 is 11.1 Å². The van der Waals surface area contributed by atoms with Crippen molar-refractivity contribution in [3.63, 3.8) is 0 Å². The fraction of sp³-hybridized carbons (Fsp3) is 0.357. The number of aromatic carboxylic acids is 1. The van der Waals surface area contributed by atoms with Crippen LogP contribution in [0.5, 0.6) is 0 Å². The number of hydrogen-bond acceptors (Lipinski definition) is 9. The molecule has 16 heteroatoms. The third-order valence-corrected chi connectivity index (χ3v) is 8.45. The average molecular weight is 628 g/mol. The van der Waals surface area contributed by atoms with Crippen LogP contribution in [0.3, 0.4) is 0 Å². The topological polar surface area (TPSA) is 183 Å². The third kappa shape index (κ3) is 7.63. The lowest BCUT2D eigenvalue weighted by molar-refractivity contribution is 0.0532. The van der Waals surface area contributed by atoms with Crippen LogP contribution in [0, 0.1) is 5.82 Å². The minimum atomic E-state index is -1.36. The van der Waals surface area contributed by atoms with E-state index in [9.17, 15) is 23.6 Å². The summed E-state index contributed by atoms with van der Waals surface area (Å²) in [5.41, 5.74) is 6.38. The molecule has 4 heterocycles. The van der Waals surface area contributed by atoms with E-state index < -0.39 is 37.8 Å². The Kier molecular flexibility index (Phi) is 10.1. The lowest BCUT2D eigenvalue weighted by atomic mass is 10.1. The molecule has 234 valence electrons. The van der Waals surface area contributed by atoms with Gasteiger partial charge in [0.15, 0.2) is 5.65 Å². The van der Waals surface area contributed by atoms with Gasteiger partial charge in [-0.1, -0.05) is 19.6 Å². The summed E-state index contributed by atoms with van der Waals surface area (Å²) in [6.07, 6.45) is 3.38. The van der Waals surface area contributed by atoms with Crippen molar-refractivity contribution in [2.45, 2.75) is 32.4 Å². The molecule has 4 N–H and O–H groups in total. The van der Waals surface area contributed by atoms with Gasteiger partial charge in [0.2, 0.25) is 0 Å². The SMILES string of the molecule is C[Si](C)(C)CCOCn1c2cc(F)cc(C(N)=O)c2n2ncc(C(=O)OC(=O)N3CCNCC3)c12.O=C(O)c1ccncc1. The van der Waals surface area contributed by atoms with Crippen molar-refractivity contribution in [2.24, 2.45) is 5.73 Å². The quantitative estimate of drug-likeness (QED) is 0.114. The smallest absolute Gasteiger partial charge is 0.417 e. The number of halogens is 1. The van der Waals surface area contributed by atoms with Gasteiger partial charge < -0.3 is 30.5 Å². The van der Waals surface area contributed by atoms with Gasteiger partial charge in [-0.3, -0.25) is 14.3 Å². The highest BCUT2D eigenvalue weighted by atomic mass is 28.3. The molecule has 1 saturated heterocycles. The number of carboxylic acid groups (broad SMARTS) is 1. The number of fused-ring (bicyclic) bond motifs is 3. The number of nitrogens with zero attached hydrogens (tertiary/aromatic N) is 5. The molecule has 0 unspecified atom stereocenters. The summed E-state index contributed by atoms with van der Waals surface area (Å²) < 4.78 is 28.3. The molecule has 4 aromatic rings. The number of amides is 2. The number of aromatic nitrogens is 4. The average Bonchev–Trinajstić information content (AvgIpc) is 3.54. The van der Waals surface area contributed by atoms with E-state index in [1.165, 1.54) is 50.8 Å². The number of pyridine rings is 1. The molecule has 2 amide bonds. The summed E-state index contributed by atoms with van der Waals surface area (Å²) in [5, 5.41) is 15.7. The molecule has 0 saturated carbocycles. The van der Waals surface area contributed by atoms with Crippen molar-refractivity contribution in [1.29, 1.82) is 0 Å². The number of carbonyl (C=O) groups is 4. The van der Waals surface area contributed by atoms with Crippen LogP contribution in [0.1, 0.15) is 31.1 Å². The number of hydrogen-bond donors (Lipinski definition) is 3. The Morgan fingerprint density at radius 2 is 1.77 bits per heavy atom. The summed E-state index contributed by atoms with van der Waals surface area (Å²) >= 11 is 0.